The molecule has 0 aliphatic carbocycles. The Morgan fingerprint density at radius 1 is 0.953 bits per heavy atom. The van der Waals surface area contributed by atoms with Crippen molar-refractivity contribution < 1.29 is 22.7 Å². The molecule has 1 N–H and O–H groups in total. The number of carbonyl (C=O) groups is 2. The van der Waals surface area contributed by atoms with Crippen LogP contribution in [0.25, 0.3) is 0 Å². The van der Waals surface area contributed by atoms with E-state index in [4.69, 9.17) is 27.9 Å². The van der Waals surface area contributed by atoms with E-state index >= 15 is 0 Å². The molecular weight excluding hydrogens is 677 g/mol. The first kappa shape index (κ1) is 34.7. The van der Waals surface area contributed by atoms with Crippen LogP contribution in [0.1, 0.15) is 45.6 Å². The van der Waals surface area contributed by atoms with Gasteiger partial charge in [-0.15, -0.1) is 0 Å². The van der Waals surface area contributed by atoms with Gasteiger partial charge in [-0.3, -0.25) is 13.9 Å². The minimum Gasteiger partial charge on any atom is -0.494 e. The molecule has 12 heteroatoms. The average Bonchev–Trinajstić information content (AvgIpc) is 2.98. The molecule has 0 spiro atoms. The van der Waals surface area contributed by atoms with Crippen LogP contribution in [0.15, 0.2) is 76.1 Å². The van der Waals surface area contributed by atoms with Crippen LogP contribution in [0, 0.1) is 0 Å². The summed E-state index contributed by atoms with van der Waals surface area (Å²) in [7, 11) is -4.19. The second kappa shape index (κ2) is 16.3. The molecule has 3 rings (SSSR count). The number of halogens is 3. The first-order valence-electron chi connectivity index (χ1n) is 14.0. The van der Waals surface area contributed by atoms with E-state index in [1.54, 1.807) is 54.6 Å². The fourth-order valence-electron chi connectivity index (χ4n) is 4.40. The Kier molecular flexibility index (Phi) is 13.2. The SMILES string of the molecule is CCCCNC(=O)C(CC)N(Cc1ccc(Cl)c(Cl)c1)C(=O)CN(c1ccc(OCC)cc1)S(=O)(=O)c1ccc(Br)cc1. The van der Waals surface area contributed by atoms with Crippen LogP contribution in [0.5, 0.6) is 5.75 Å². The van der Waals surface area contributed by atoms with Crippen LogP contribution in [0.2, 0.25) is 10.0 Å². The molecule has 232 valence electrons. The monoisotopic (exact) mass is 711 g/mol. The van der Waals surface area contributed by atoms with Crippen LogP contribution in [0.4, 0.5) is 5.69 Å². The number of unbranched alkanes of at least 4 members (excludes halogenated alkanes) is 1. The molecule has 3 aromatic rings. The second-order valence-corrected chi connectivity index (χ2v) is 13.3. The van der Waals surface area contributed by atoms with Crippen molar-refractivity contribution in [2.75, 3.05) is 24.0 Å². The molecule has 8 nitrogen and oxygen atoms in total. The molecule has 1 unspecified atom stereocenters. The predicted molar refractivity (Wildman–Crippen MR) is 175 cm³/mol. The fraction of sp³-hybridized carbons (Fsp3) is 0.355. The van der Waals surface area contributed by atoms with Crippen molar-refractivity contribution >= 4 is 66.7 Å². The number of hydrogen-bond donors (Lipinski definition) is 1. The van der Waals surface area contributed by atoms with E-state index in [1.807, 2.05) is 20.8 Å². The summed E-state index contributed by atoms with van der Waals surface area (Å²) < 4.78 is 35.3. The van der Waals surface area contributed by atoms with E-state index in [2.05, 4.69) is 21.2 Å². The van der Waals surface area contributed by atoms with Crippen LogP contribution in [0.3, 0.4) is 0 Å². The smallest absolute Gasteiger partial charge is 0.264 e. The average molecular weight is 714 g/mol. The molecule has 2 amide bonds. The topological polar surface area (TPSA) is 96.0 Å². The van der Waals surface area contributed by atoms with Crippen LogP contribution >= 0.6 is 39.1 Å². The highest BCUT2D eigenvalue weighted by molar-refractivity contribution is 9.10. The molecule has 43 heavy (non-hydrogen) atoms. The third-order valence-corrected chi connectivity index (χ3v) is 9.72. The van der Waals surface area contributed by atoms with Crippen molar-refractivity contribution in [2.24, 2.45) is 0 Å². The number of sulfonamides is 1. The normalized spacial score (nSPS) is 12.0. The molecule has 0 radical (unpaired) electrons. The largest absolute Gasteiger partial charge is 0.494 e. The van der Waals surface area contributed by atoms with E-state index in [0.717, 1.165) is 17.1 Å². The summed E-state index contributed by atoms with van der Waals surface area (Å²) in [6.07, 6.45) is 2.00. The zero-order valence-corrected chi connectivity index (χ0v) is 28.3. The van der Waals surface area contributed by atoms with Gasteiger partial charge in [0.25, 0.3) is 10.0 Å². The van der Waals surface area contributed by atoms with Gasteiger partial charge in [0, 0.05) is 17.6 Å². The third kappa shape index (κ3) is 9.35. The molecule has 1 atom stereocenters. The summed E-state index contributed by atoms with van der Waals surface area (Å²) in [5, 5.41) is 3.57. The molecule has 0 saturated heterocycles. The van der Waals surface area contributed by atoms with Gasteiger partial charge in [0.05, 0.1) is 27.2 Å². The second-order valence-electron chi connectivity index (χ2n) is 9.73. The third-order valence-electron chi connectivity index (χ3n) is 6.67. The quantitative estimate of drug-likeness (QED) is 0.170. The molecule has 0 bridgehead atoms. The van der Waals surface area contributed by atoms with Gasteiger partial charge in [0.1, 0.15) is 18.3 Å². The van der Waals surface area contributed by atoms with E-state index in [-0.39, 0.29) is 23.0 Å². The van der Waals surface area contributed by atoms with E-state index < -0.39 is 28.5 Å². The Balaban J connectivity index is 2.05. The van der Waals surface area contributed by atoms with E-state index in [1.165, 1.54) is 17.0 Å². The number of nitrogens with one attached hydrogen (secondary N) is 1. The van der Waals surface area contributed by atoms with Crippen LogP contribution in [-0.4, -0.2) is 50.9 Å². The predicted octanol–water partition coefficient (Wildman–Crippen LogP) is 7.07. The molecule has 0 fully saturated rings. The lowest BCUT2D eigenvalue weighted by Crippen LogP contribution is -2.52. The Labute approximate surface area is 272 Å². The van der Waals surface area contributed by atoms with Crippen molar-refractivity contribution in [1.82, 2.24) is 10.2 Å². The first-order chi connectivity index (χ1) is 20.5. The number of amides is 2. The number of ether oxygens (including phenoxy) is 1. The van der Waals surface area contributed by atoms with Gasteiger partial charge in [-0.25, -0.2) is 8.42 Å². The van der Waals surface area contributed by atoms with Gasteiger partial charge in [-0.1, -0.05) is 65.5 Å². The van der Waals surface area contributed by atoms with Crippen molar-refractivity contribution in [3.8, 4) is 5.75 Å². The fourth-order valence-corrected chi connectivity index (χ4v) is 6.40. The molecule has 3 aromatic carbocycles. The first-order valence-corrected chi connectivity index (χ1v) is 17.0. The Hall–Kier alpha value is -2.79. The summed E-state index contributed by atoms with van der Waals surface area (Å²) in [4.78, 5) is 28.9. The summed E-state index contributed by atoms with van der Waals surface area (Å²) in [6, 6.07) is 16.8. The maximum absolute atomic E-state index is 14.2. The maximum Gasteiger partial charge on any atom is 0.264 e. The molecule has 0 heterocycles. The minimum atomic E-state index is -4.19. The van der Waals surface area contributed by atoms with Crippen molar-refractivity contribution in [3.05, 3.63) is 86.8 Å². The molecule has 0 aliphatic rings. The zero-order chi connectivity index (χ0) is 31.6. The van der Waals surface area contributed by atoms with Crippen LogP contribution in [-0.2, 0) is 26.2 Å². The van der Waals surface area contributed by atoms with E-state index in [9.17, 15) is 18.0 Å². The lowest BCUT2D eigenvalue weighted by Gasteiger charge is -2.33. The minimum absolute atomic E-state index is 0.0118. The number of benzene rings is 3. The zero-order valence-electron chi connectivity index (χ0n) is 24.4. The lowest BCUT2D eigenvalue weighted by atomic mass is 10.1. The number of hydrogen-bond acceptors (Lipinski definition) is 5. The van der Waals surface area contributed by atoms with Crippen molar-refractivity contribution in [2.45, 2.75) is 57.5 Å². The van der Waals surface area contributed by atoms with Gasteiger partial charge in [0.2, 0.25) is 11.8 Å². The highest BCUT2D eigenvalue weighted by Crippen LogP contribution is 2.28. The summed E-state index contributed by atoms with van der Waals surface area (Å²) in [5.41, 5.74) is 0.917. The standard InChI is InChI=1S/C31H36BrCl2N3O5S/c1-4-7-18-35-31(39)29(5-2)36(20-22-8-17-27(33)28(34)19-22)30(38)21-37(24-11-13-25(14-12-24)42-6-3)43(40,41)26-15-9-23(32)10-16-26/h8-17,19,29H,4-7,18,20-21H2,1-3H3,(H,35,39). The maximum atomic E-state index is 14.2. The Morgan fingerprint density at radius 3 is 2.21 bits per heavy atom. The number of carbonyl (C=O) groups excluding carboxylic acids is 2. The summed E-state index contributed by atoms with van der Waals surface area (Å²) >= 11 is 15.7. The highest BCUT2D eigenvalue weighted by Gasteiger charge is 2.33. The highest BCUT2D eigenvalue weighted by atomic mass is 79.9. The Bertz CT molecular complexity index is 1490. The number of anilines is 1. The van der Waals surface area contributed by atoms with Gasteiger partial charge in [-0.2, -0.15) is 0 Å². The Morgan fingerprint density at radius 2 is 1.63 bits per heavy atom. The van der Waals surface area contributed by atoms with Crippen molar-refractivity contribution in [1.29, 1.82) is 0 Å². The lowest BCUT2D eigenvalue weighted by molar-refractivity contribution is -0.140. The summed E-state index contributed by atoms with van der Waals surface area (Å²) in [5.74, 6) is -0.305. The van der Waals surface area contributed by atoms with Crippen LogP contribution < -0.4 is 14.4 Å². The number of rotatable bonds is 15. The van der Waals surface area contributed by atoms with Gasteiger partial charge in [0.15, 0.2) is 0 Å². The van der Waals surface area contributed by atoms with Crippen molar-refractivity contribution in [3.63, 3.8) is 0 Å². The van der Waals surface area contributed by atoms with E-state index in [0.29, 0.717) is 45.4 Å². The van der Waals surface area contributed by atoms with Gasteiger partial charge >= 0.3 is 0 Å². The van der Waals surface area contributed by atoms with Gasteiger partial charge in [-0.05, 0) is 86.0 Å². The molecule has 0 aromatic heterocycles. The number of nitrogens with zero attached hydrogens (tertiary/aromatic N) is 2. The molecular formula is C31H36BrCl2N3O5S. The van der Waals surface area contributed by atoms with Gasteiger partial charge < -0.3 is 15.0 Å². The molecule has 0 aliphatic heterocycles. The molecule has 0 saturated carbocycles. The summed E-state index contributed by atoms with van der Waals surface area (Å²) in [6.45, 7) is 6.06.